The fourth-order valence-electron chi connectivity index (χ4n) is 0. The van der Waals surface area contributed by atoms with Crippen LogP contribution < -0.4 is 5.73 Å². The molecule has 0 aromatic rings. The van der Waals surface area contributed by atoms with E-state index in [1.165, 1.54) is 0 Å². The Morgan fingerprint density at radius 1 is 2.00 bits per heavy atom. The van der Waals surface area contributed by atoms with Crippen LogP contribution in [-0.2, 0) is 0 Å². The highest BCUT2D eigenvalue weighted by atomic mass is 32.1. The molecule has 2 N–H and O–H groups in total. The average molecular weight is 122 g/mol. The second kappa shape index (κ2) is 2.09. The van der Waals surface area contributed by atoms with Gasteiger partial charge in [0.15, 0.2) is 0 Å². The number of carbonyl (C=O) groups excluding carboxylic acids is 1. The summed E-state index contributed by atoms with van der Waals surface area (Å²) < 4.78 is 1.14. The molecule has 0 aromatic heterocycles. The largest absolute Gasteiger partial charge is 0.351 e. The number of hydrogen-bond acceptors (Lipinski definition) is 2. The van der Waals surface area contributed by atoms with E-state index in [0.29, 0.717) is 10.4 Å². The van der Waals surface area contributed by atoms with Crippen LogP contribution in [-0.4, -0.2) is 20.4 Å². The molecule has 0 aromatic carbocycles. The Morgan fingerprint density at radius 2 is 2.17 bits per heavy atom. The van der Waals surface area contributed by atoms with E-state index in [-0.39, 0.29) is 0 Å². The van der Waals surface area contributed by atoms with Crippen LogP contribution in [0.2, 0.25) is 0 Å². The SMILES string of the molecule is NC(=O)N([SiH3])S. The lowest BCUT2D eigenvalue weighted by Crippen LogP contribution is -2.24. The molecule has 0 heterocycles. The molecule has 0 aliphatic rings. The first kappa shape index (κ1) is 5.84. The third-order valence-corrected chi connectivity index (χ3v) is 0.957. The summed E-state index contributed by atoms with van der Waals surface area (Å²) >= 11 is 3.61. The van der Waals surface area contributed by atoms with Crippen LogP contribution in [0.15, 0.2) is 0 Å². The number of nitrogens with two attached hydrogens (primary N) is 1. The van der Waals surface area contributed by atoms with Gasteiger partial charge in [0, 0.05) is 0 Å². The van der Waals surface area contributed by atoms with E-state index in [2.05, 4.69) is 18.5 Å². The van der Waals surface area contributed by atoms with Crippen molar-refractivity contribution in [3.63, 3.8) is 0 Å². The van der Waals surface area contributed by atoms with E-state index in [1.54, 1.807) is 0 Å². The lowest BCUT2D eigenvalue weighted by molar-refractivity contribution is 0.246. The molecule has 0 saturated heterocycles. The Morgan fingerprint density at radius 3 is 2.17 bits per heavy atom. The van der Waals surface area contributed by atoms with E-state index >= 15 is 0 Å². The Labute approximate surface area is 44.5 Å². The van der Waals surface area contributed by atoms with Gasteiger partial charge in [-0.3, -0.25) is 0 Å². The number of amides is 2. The monoisotopic (exact) mass is 122 g/mol. The maximum absolute atomic E-state index is 9.81. The second-order valence-corrected chi connectivity index (χ2v) is 3.11. The number of nitrogens with zero attached hydrogens (tertiary/aromatic N) is 1. The number of thiol groups is 1. The molecule has 0 aliphatic heterocycles. The molecular formula is CH6N2OSSi. The van der Waals surface area contributed by atoms with Crippen molar-refractivity contribution in [3.8, 4) is 0 Å². The van der Waals surface area contributed by atoms with Crippen LogP contribution in [0.4, 0.5) is 4.79 Å². The van der Waals surface area contributed by atoms with E-state index in [4.69, 9.17) is 0 Å². The first-order chi connectivity index (χ1) is 2.64. The number of carbonyl (C=O) groups is 1. The van der Waals surface area contributed by atoms with Crippen LogP contribution >= 0.6 is 12.8 Å². The van der Waals surface area contributed by atoms with Gasteiger partial charge in [0.2, 0.25) is 0 Å². The van der Waals surface area contributed by atoms with Crippen molar-refractivity contribution in [3.05, 3.63) is 0 Å². The number of urea groups is 1. The lowest BCUT2D eigenvalue weighted by atomic mass is 11.2. The third kappa shape index (κ3) is 2.10. The van der Waals surface area contributed by atoms with Gasteiger partial charge in [0.1, 0.15) is 10.4 Å². The first-order valence-electron chi connectivity index (χ1n) is 1.36. The third-order valence-electron chi connectivity index (χ3n) is 0.319. The molecule has 36 valence electrons. The maximum atomic E-state index is 9.81. The second-order valence-electron chi connectivity index (χ2n) is 0.862. The van der Waals surface area contributed by atoms with Crippen molar-refractivity contribution in [1.82, 2.24) is 3.97 Å². The number of primary amides is 1. The van der Waals surface area contributed by atoms with Gasteiger partial charge in [-0.25, -0.2) is 4.79 Å². The normalized spacial score (nSPS) is 8.17. The highest BCUT2D eigenvalue weighted by Crippen LogP contribution is 1.79. The molecule has 5 heteroatoms. The van der Waals surface area contributed by atoms with Crippen LogP contribution in [0.3, 0.4) is 0 Å². The summed E-state index contributed by atoms with van der Waals surface area (Å²) in [6.07, 6.45) is 0. The Hall–Kier alpha value is -0.163. The van der Waals surface area contributed by atoms with Crippen molar-refractivity contribution in [1.29, 1.82) is 0 Å². The predicted molar refractivity (Wildman–Crippen MR) is 30.3 cm³/mol. The highest BCUT2D eigenvalue weighted by Gasteiger charge is 1.89. The van der Waals surface area contributed by atoms with Crippen molar-refractivity contribution in [2.24, 2.45) is 5.73 Å². The minimum atomic E-state index is -0.481. The molecular weight excluding hydrogens is 116 g/mol. The van der Waals surface area contributed by atoms with E-state index in [9.17, 15) is 4.79 Å². The summed E-state index contributed by atoms with van der Waals surface area (Å²) in [5.41, 5.74) is 4.68. The smallest absolute Gasteiger partial charge is 0.315 e. The molecule has 6 heavy (non-hydrogen) atoms. The quantitative estimate of drug-likeness (QED) is 0.298. The van der Waals surface area contributed by atoms with Gasteiger partial charge in [-0.15, -0.1) is 0 Å². The predicted octanol–water partition coefficient (Wildman–Crippen LogP) is -1.51. The van der Waals surface area contributed by atoms with Crippen molar-refractivity contribution < 1.29 is 4.79 Å². The molecule has 0 fully saturated rings. The van der Waals surface area contributed by atoms with E-state index < -0.39 is 6.03 Å². The molecule has 0 atom stereocenters. The number of rotatable bonds is 0. The molecule has 0 unspecified atom stereocenters. The zero-order valence-electron chi connectivity index (χ0n) is 3.38. The van der Waals surface area contributed by atoms with Crippen LogP contribution in [0.25, 0.3) is 0 Å². The van der Waals surface area contributed by atoms with E-state index in [1.807, 2.05) is 0 Å². The molecule has 0 bridgehead atoms. The Balaban J connectivity index is 3.26. The fourth-order valence-corrected chi connectivity index (χ4v) is 0. The summed E-state index contributed by atoms with van der Waals surface area (Å²) in [6, 6.07) is -0.481. The summed E-state index contributed by atoms with van der Waals surface area (Å²) in [5, 5.41) is 0. The highest BCUT2D eigenvalue weighted by molar-refractivity contribution is 7.79. The summed E-state index contributed by atoms with van der Waals surface area (Å²) in [4.78, 5) is 9.81. The summed E-state index contributed by atoms with van der Waals surface area (Å²) in [6.45, 7) is 0. The van der Waals surface area contributed by atoms with Crippen molar-refractivity contribution in [2.75, 3.05) is 0 Å². The van der Waals surface area contributed by atoms with Gasteiger partial charge in [0.25, 0.3) is 0 Å². The van der Waals surface area contributed by atoms with Gasteiger partial charge in [-0.2, -0.15) is 0 Å². The molecule has 2 amide bonds. The topological polar surface area (TPSA) is 46.3 Å². The number of hydrogen-bond donors (Lipinski definition) is 2. The molecule has 3 nitrogen and oxygen atoms in total. The van der Waals surface area contributed by atoms with Gasteiger partial charge < -0.3 is 9.70 Å². The van der Waals surface area contributed by atoms with Gasteiger partial charge in [0.05, 0.1) is 0 Å². The van der Waals surface area contributed by atoms with Crippen LogP contribution in [0.5, 0.6) is 0 Å². The van der Waals surface area contributed by atoms with Gasteiger partial charge >= 0.3 is 6.03 Å². The molecule has 0 radical (unpaired) electrons. The standard InChI is InChI=1S/CH6N2OSSi/c2-1(4)3(5)6/h5H,6H3,(H2,2,4). The average Bonchev–Trinajstić information content (AvgIpc) is 1.36. The maximum Gasteiger partial charge on any atom is 0.315 e. The lowest BCUT2D eigenvalue weighted by Gasteiger charge is -2.00. The molecule has 0 spiro atoms. The zero-order valence-corrected chi connectivity index (χ0v) is 6.27. The zero-order chi connectivity index (χ0) is 5.15. The van der Waals surface area contributed by atoms with Gasteiger partial charge in [-0.1, -0.05) is 12.8 Å². The van der Waals surface area contributed by atoms with Crippen molar-refractivity contribution >= 4 is 29.2 Å². The fraction of sp³-hybridized carbons (Fsp3) is 0. The Bertz CT molecular complexity index is 64.6. The minimum absolute atomic E-state index is 0.481. The van der Waals surface area contributed by atoms with Crippen LogP contribution in [0.1, 0.15) is 0 Å². The van der Waals surface area contributed by atoms with Gasteiger partial charge in [-0.05, 0) is 0 Å². The van der Waals surface area contributed by atoms with Crippen LogP contribution in [0, 0.1) is 0 Å². The van der Waals surface area contributed by atoms with Crippen molar-refractivity contribution in [2.45, 2.75) is 0 Å². The van der Waals surface area contributed by atoms with E-state index in [0.717, 1.165) is 3.97 Å². The minimum Gasteiger partial charge on any atom is -0.351 e. The summed E-state index contributed by atoms with van der Waals surface area (Å²) in [7, 11) is 0.576. The summed E-state index contributed by atoms with van der Waals surface area (Å²) in [5.74, 6) is 0. The molecule has 0 saturated carbocycles. The first-order valence-corrected chi connectivity index (χ1v) is 2.66. The molecule has 0 aliphatic carbocycles. The Kier molecular flexibility index (Phi) is 2.03. The molecule has 0 rings (SSSR count).